The van der Waals surface area contributed by atoms with Crippen LogP contribution in [-0.2, 0) is 7.05 Å². The lowest BCUT2D eigenvalue weighted by Gasteiger charge is -1.91. The molecule has 0 amide bonds. The number of nitrogens with zero attached hydrogens (tertiary/aromatic N) is 1. The van der Waals surface area contributed by atoms with E-state index in [1.54, 1.807) is 0 Å². The van der Waals surface area contributed by atoms with Crippen LogP contribution in [0.25, 0.3) is 0 Å². The summed E-state index contributed by atoms with van der Waals surface area (Å²) in [6, 6.07) is 0. The van der Waals surface area contributed by atoms with Crippen molar-refractivity contribution in [2.45, 2.75) is 0 Å². The number of aromatic hydroxyl groups is 2. The second-order valence-corrected chi connectivity index (χ2v) is 2.13. The van der Waals surface area contributed by atoms with E-state index in [9.17, 15) is 4.79 Å². The largest absolute Gasteiger partial charge is 0.503 e. The van der Waals surface area contributed by atoms with Gasteiger partial charge in [0.05, 0.1) is 0 Å². The van der Waals surface area contributed by atoms with E-state index < -0.39 is 17.6 Å². The lowest BCUT2D eigenvalue weighted by atomic mass is 10.3. The number of carbonyl (C=O) groups is 1. The third-order valence-corrected chi connectivity index (χ3v) is 1.35. The molecule has 0 saturated carbocycles. The third-order valence-electron chi connectivity index (χ3n) is 1.35. The quantitative estimate of drug-likeness (QED) is 0.541. The maximum Gasteiger partial charge on any atom is 0.341 e. The van der Waals surface area contributed by atoms with E-state index in [1.807, 2.05) is 0 Å². The zero-order chi connectivity index (χ0) is 8.59. The van der Waals surface area contributed by atoms with Gasteiger partial charge in [-0.15, -0.1) is 0 Å². The van der Waals surface area contributed by atoms with Crippen LogP contribution in [-0.4, -0.2) is 25.9 Å². The second-order valence-electron chi connectivity index (χ2n) is 2.13. The SMILES string of the molecule is Cn1cc(C(=O)O)c(O)c1O. The average Bonchev–Trinajstić information content (AvgIpc) is 2.17. The Labute approximate surface area is 62.1 Å². The van der Waals surface area contributed by atoms with Crippen molar-refractivity contribution < 1.29 is 20.1 Å². The Morgan fingerprint density at radius 3 is 2.27 bits per heavy atom. The standard InChI is InChI=1S/C6H7NO4/c1-7-2-3(6(10)11)4(8)5(7)9/h2,8-9H,1H3,(H,10,11). The molecule has 0 fully saturated rings. The summed E-state index contributed by atoms with van der Waals surface area (Å²) in [6.07, 6.45) is 1.13. The van der Waals surface area contributed by atoms with Crippen LogP contribution in [0.1, 0.15) is 10.4 Å². The first kappa shape index (κ1) is 7.46. The zero-order valence-electron chi connectivity index (χ0n) is 5.77. The normalized spacial score (nSPS) is 9.91. The first-order chi connectivity index (χ1) is 5.04. The molecule has 0 aliphatic rings. The van der Waals surface area contributed by atoms with Crippen LogP contribution in [0.15, 0.2) is 6.20 Å². The molecule has 0 radical (unpaired) electrons. The van der Waals surface area contributed by atoms with Crippen LogP contribution in [0.5, 0.6) is 11.6 Å². The van der Waals surface area contributed by atoms with Crippen LogP contribution in [0.3, 0.4) is 0 Å². The highest BCUT2D eigenvalue weighted by Gasteiger charge is 2.17. The maximum absolute atomic E-state index is 10.3. The zero-order valence-corrected chi connectivity index (χ0v) is 5.77. The van der Waals surface area contributed by atoms with Gasteiger partial charge in [-0.25, -0.2) is 4.79 Å². The van der Waals surface area contributed by atoms with Gasteiger partial charge in [0.25, 0.3) is 0 Å². The van der Waals surface area contributed by atoms with Crippen molar-refractivity contribution in [3.05, 3.63) is 11.8 Å². The Balaban J connectivity index is 3.29. The summed E-state index contributed by atoms with van der Waals surface area (Å²) in [5.74, 6) is -2.30. The molecule has 3 N–H and O–H groups in total. The van der Waals surface area contributed by atoms with Gasteiger partial charge in [0.2, 0.25) is 5.88 Å². The number of aromatic nitrogens is 1. The van der Waals surface area contributed by atoms with Crippen molar-refractivity contribution in [1.82, 2.24) is 4.57 Å². The minimum Gasteiger partial charge on any atom is -0.503 e. The highest BCUT2D eigenvalue weighted by molar-refractivity contribution is 5.91. The monoisotopic (exact) mass is 157 g/mol. The van der Waals surface area contributed by atoms with Crippen LogP contribution in [0.2, 0.25) is 0 Å². The lowest BCUT2D eigenvalue weighted by molar-refractivity contribution is 0.0693. The van der Waals surface area contributed by atoms with Gasteiger partial charge in [-0.3, -0.25) is 0 Å². The molecule has 5 heteroatoms. The first-order valence-electron chi connectivity index (χ1n) is 2.84. The van der Waals surface area contributed by atoms with E-state index >= 15 is 0 Å². The number of hydrogen-bond donors (Lipinski definition) is 3. The molecule has 0 bridgehead atoms. The van der Waals surface area contributed by atoms with Gasteiger partial charge in [-0.05, 0) is 0 Å². The number of hydrogen-bond acceptors (Lipinski definition) is 3. The van der Waals surface area contributed by atoms with Gasteiger partial charge in [0.1, 0.15) is 5.56 Å². The Morgan fingerprint density at radius 2 is 2.09 bits per heavy atom. The van der Waals surface area contributed by atoms with E-state index in [0.717, 1.165) is 10.8 Å². The third kappa shape index (κ3) is 1.000. The molecule has 5 nitrogen and oxygen atoms in total. The molecule has 1 aromatic rings. The molecule has 11 heavy (non-hydrogen) atoms. The smallest absolute Gasteiger partial charge is 0.341 e. The lowest BCUT2D eigenvalue weighted by Crippen LogP contribution is -1.93. The van der Waals surface area contributed by atoms with Gasteiger partial charge < -0.3 is 19.9 Å². The van der Waals surface area contributed by atoms with Crippen molar-refractivity contribution in [3.8, 4) is 11.6 Å². The predicted molar refractivity (Wildman–Crippen MR) is 35.7 cm³/mol. The molecule has 0 saturated heterocycles. The molecular formula is C6H7NO4. The van der Waals surface area contributed by atoms with Crippen LogP contribution in [0.4, 0.5) is 0 Å². The van der Waals surface area contributed by atoms with E-state index in [2.05, 4.69) is 0 Å². The van der Waals surface area contributed by atoms with E-state index in [1.165, 1.54) is 7.05 Å². The van der Waals surface area contributed by atoms with Crippen LogP contribution < -0.4 is 0 Å². The molecule has 0 aromatic carbocycles. The summed E-state index contributed by atoms with van der Waals surface area (Å²) in [4.78, 5) is 10.3. The number of carboxylic acid groups (broad SMARTS) is 1. The fourth-order valence-corrected chi connectivity index (χ4v) is 0.760. The number of aromatic carboxylic acids is 1. The minimum absolute atomic E-state index is 0.301. The molecule has 60 valence electrons. The number of aryl methyl sites for hydroxylation is 1. The van der Waals surface area contributed by atoms with Gasteiger partial charge >= 0.3 is 5.97 Å². The summed E-state index contributed by atoms with van der Waals surface area (Å²) in [7, 11) is 1.43. The molecule has 0 aliphatic heterocycles. The number of rotatable bonds is 1. The Kier molecular flexibility index (Phi) is 1.48. The molecule has 1 rings (SSSR count). The van der Waals surface area contributed by atoms with Gasteiger partial charge in [-0.2, -0.15) is 0 Å². The predicted octanol–water partition coefficient (Wildman–Crippen LogP) is 0.134. The van der Waals surface area contributed by atoms with Gasteiger partial charge in [-0.1, -0.05) is 0 Å². The fourth-order valence-electron chi connectivity index (χ4n) is 0.760. The topological polar surface area (TPSA) is 82.7 Å². The van der Waals surface area contributed by atoms with Crippen molar-refractivity contribution in [1.29, 1.82) is 0 Å². The molecule has 0 atom stereocenters. The van der Waals surface area contributed by atoms with Gasteiger partial charge in [0, 0.05) is 13.2 Å². The molecule has 1 heterocycles. The molecular weight excluding hydrogens is 150 g/mol. The summed E-state index contributed by atoms with van der Waals surface area (Å²) in [5, 5.41) is 26.3. The van der Waals surface area contributed by atoms with Gasteiger partial charge in [0.15, 0.2) is 5.75 Å². The van der Waals surface area contributed by atoms with Crippen molar-refractivity contribution in [3.63, 3.8) is 0 Å². The Bertz CT molecular complexity index is 302. The summed E-state index contributed by atoms with van der Waals surface area (Å²) < 4.78 is 1.12. The summed E-state index contributed by atoms with van der Waals surface area (Å²) >= 11 is 0. The Hall–Kier alpha value is -1.65. The molecule has 0 aliphatic carbocycles. The van der Waals surface area contributed by atoms with Crippen LogP contribution in [0, 0.1) is 0 Å². The average molecular weight is 157 g/mol. The fraction of sp³-hybridized carbons (Fsp3) is 0.167. The molecule has 0 unspecified atom stereocenters. The highest BCUT2D eigenvalue weighted by atomic mass is 16.4. The highest BCUT2D eigenvalue weighted by Crippen LogP contribution is 2.29. The van der Waals surface area contributed by atoms with E-state index in [-0.39, 0.29) is 5.56 Å². The van der Waals surface area contributed by atoms with E-state index in [4.69, 9.17) is 15.3 Å². The molecule has 0 spiro atoms. The van der Waals surface area contributed by atoms with Crippen LogP contribution >= 0.6 is 0 Å². The van der Waals surface area contributed by atoms with Crippen molar-refractivity contribution in [2.24, 2.45) is 7.05 Å². The minimum atomic E-state index is -1.27. The number of carboxylic acids is 1. The molecule has 1 aromatic heterocycles. The first-order valence-corrected chi connectivity index (χ1v) is 2.84. The van der Waals surface area contributed by atoms with E-state index in [0.29, 0.717) is 0 Å². The summed E-state index contributed by atoms with van der Waals surface area (Å²) in [5.41, 5.74) is -0.301. The Morgan fingerprint density at radius 1 is 1.55 bits per heavy atom. The maximum atomic E-state index is 10.3. The van der Waals surface area contributed by atoms with Crippen molar-refractivity contribution >= 4 is 5.97 Å². The summed E-state index contributed by atoms with van der Waals surface area (Å²) in [6.45, 7) is 0. The van der Waals surface area contributed by atoms with Crippen molar-refractivity contribution in [2.75, 3.05) is 0 Å². The second kappa shape index (κ2) is 2.19.